The maximum absolute atomic E-state index is 11.1. The van der Waals surface area contributed by atoms with E-state index in [4.69, 9.17) is 9.52 Å². The third-order valence-electron chi connectivity index (χ3n) is 2.33. The fourth-order valence-corrected chi connectivity index (χ4v) is 1.71. The van der Waals surface area contributed by atoms with Gasteiger partial charge >= 0.3 is 5.97 Å². The second kappa shape index (κ2) is 3.48. The van der Waals surface area contributed by atoms with Gasteiger partial charge < -0.3 is 14.5 Å². The molecule has 2 aromatic heterocycles. The Morgan fingerprint density at radius 2 is 1.94 bits per heavy atom. The molecule has 0 atom stereocenters. The molecule has 0 fully saturated rings. The van der Waals surface area contributed by atoms with E-state index in [9.17, 15) is 4.79 Å². The van der Waals surface area contributed by atoms with Crippen molar-refractivity contribution in [2.45, 2.75) is 20.8 Å². The average molecular weight is 221 g/mol. The summed E-state index contributed by atoms with van der Waals surface area (Å²) in [6.45, 7) is 5.13. The van der Waals surface area contributed by atoms with Crippen LogP contribution in [-0.2, 0) is 0 Å². The Labute approximate surface area is 91.3 Å². The monoisotopic (exact) mass is 221 g/mol. The van der Waals surface area contributed by atoms with Gasteiger partial charge in [0, 0.05) is 18.3 Å². The van der Waals surface area contributed by atoms with Crippen molar-refractivity contribution in [2.24, 2.45) is 0 Å². The minimum Gasteiger partial charge on any atom is -0.478 e. The van der Waals surface area contributed by atoms with Crippen molar-refractivity contribution >= 4 is 5.97 Å². The van der Waals surface area contributed by atoms with Crippen molar-refractivity contribution in [3.05, 3.63) is 22.8 Å². The first-order chi connectivity index (χ1) is 7.50. The van der Waals surface area contributed by atoms with Gasteiger partial charge in [0.15, 0.2) is 0 Å². The third kappa shape index (κ3) is 1.48. The highest BCUT2D eigenvalue weighted by atomic mass is 16.4. The number of aromatic nitrogens is 3. The predicted molar refractivity (Wildman–Crippen MR) is 55.3 cm³/mol. The van der Waals surface area contributed by atoms with Gasteiger partial charge in [-0.25, -0.2) is 4.79 Å². The Morgan fingerprint density at radius 1 is 1.25 bits per heavy atom. The smallest absolute Gasteiger partial charge is 0.338 e. The molecule has 2 aromatic rings. The van der Waals surface area contributed by atoms with Crippen molar-refractivity contribution in [1.82, 2.24) is 15.2 Å². The van der Waals surface area contributed by atoms with Gasteiger partial charge in [-0.2, -0.15) is 0 Å². The molecule has 0 aliphatic carbocycles. The number of nitrogens with one attached hydrogen (secondary N) is 1. The van der Waals surface area contributed by atoms with Gasteiger partial charge in [0.2, 0.25) is 11.8 Å². The first-order valence-corrected chi connectivity index (χ1v) is 4.73. The van der Waals surface area contributed by atoms with Crippen LogP contribution in [-0.4, -0.2) is 26.3 Å². The van der Waals surface area contributed by atoms with Crippen LogP contribution in [0.1, 0.15) is 27.6 Å². The zero-order valence-corrected chi connectivity index (χ0v) is 9.16. The lowest BCUT2D eigenvalue weighted by Gasteiger charge is -1.96. The van der Waals surface area contributed by atoms with Crippen LogP contribution in [0.25, 0.3) is 11.5 Å². The van der Waals surface area contributed by atoms with Gasteiger partial charge in [-0.05, 0) is 13.8 Å². The van der Waals surface area contributed by atoms with E-state index in [-0.39, 0.29) is 11.5 Å². The molecule has 84 valence electrons. The fraction of sp³-hybridized carbons (Fsp3) is 0.300. The molecule has 2 N–H and O–H groups in total. The number of rotatable bonds is 2. The number of carboxylic acids is 1. The Hall–Kier alpha value is -2.11. The summed E-state index contributed by atoms with van der Waals surface area (Å²) in [5.41, 5.74) is 1.93. The normalized spacial score (nSPS) is 10.7. The summed E-state index contributed by atoms with van der Waals surface area (Å²) in [7, 11) is 0. The van der Waals surface area contributed by atoms with E-state index in [1.807, 2.05) is 0 Å². The minimum atomic E-state index is -1.01. The SMILES string of the molecule is Cc1nnc(-c2c(C)[nH]c(C)c2C(=O)O)o1. The minimum absolute atomic E-state index is 0.182. The first kappa shape index (κ1) is 10.4. The maximum atomic E-state index is 11.1. The van der Waals surface area contributed by atoms with Crippen LogP contribution >= 0.6 is 0 Å². The summed E-state index contributed by atoms with van der Waals surface area (Å²) in [5, 5.41) is 16.6. The zero-order chi connectivity index (χ0) is 11.9. The number of aromatic carboxylic acids is 1. The molecule has 0 radical (unpaired) electrons. The van der Waals surface area contributed by atoms with Crippen LogP contribution < -0.4 is 0 Å². The number of nitrogens with zero attached hydrogens (tertiary/aromatic N) is 2. The van der Waals surface area contributed by atoms with Crippen LogP contribution in [0, 0.1) is 20.8 Å². The number of hydrogen-bond acceptors (Lipinski definition) is 4. The fourth-order valence-electron chi connectivity index (χ4n) is 1.71. The van der Waals surface area contributed by atoms with Crippen molar-refractivity contribution in [2.75, 3.05) is 0 Å². The number of H-pyrrole nitrogens is 1. The number of carbonyl (C=O) groups is 1. The average Bonchev–Trinajstić information content (AvgIpc) is 2.69. The van der Waals surface area contributed by atoms with Crippen LogP contribution in [0.3, 0.4) is 0 Å². The Morgan fingerprint density at radius 3 is 2.44 bits per heavy atom. The highest BCUT2D eigenvalue weighted by Crippen LogP contribution is 2.28. The maximum Gasteiger partial charge on any atom is 0.338 e. The number of hydrogen-bond donors (Lipinski definition) is 2. The van der Waals surface area contributed by atoms with Gasteiger partial charge in [-0.15, -0.1) is 10.2 Å². The van der Waals surface area contributed by atoms with E-state index in [0.717, 1.165) is 0 Å². The number of aryl methyl sites for hydroxylation is 3. The van der Waals surface area contributed by atoms with E-state index in [1.54, 1.807) is 20.8 Å². The summed E-state index contributed by atoms with van der Waals surface area (Å²) < 4.78 is 5.25. The number of aromatic amines is 1. The molecule has 0 bridgehead atoms. The molecule has 6 heteroatoms. The van der Waals surface area contributed by atoms with Gasteiger partial charge in [0.25, 0.3) is 0 Å². The molecular formula is C10H11N3O3. The summed E-state index contributed by atoms with van der Waals surface area (Å²) in [6.07, 6.45) is 0. The topological polar surface area (TPSA) is 92.0 Å². The quantitative estimate of drug-likeness (QED) is 0.804. The molecule has 0 saturated heterocycles. The Balaban J connectivity index is 2.68. The Kier molecular flexibility index (Phi) is 2.26. The molecule has 0 spiro atoms. The lowest BCUT2D eigenvalue weighted by Crippen LogP contribution is -1.99. The third-order valence-corrected chi connectivity index (χ3v) is 2.33. The highest BCUT2D eigenvalue weighted by molar-refractivity contribution is 5.97. The van der Waals surface area contributed by atoms with Gasteiger partial charge in [0.05, 0.1) is 11.1 Å². The lowest BCUT2D eigenvalue weighted by atomic mass is 10.1. The Bertz CT molecular complexity index is 554. The molecule has 0 aliphatic heterocycles. The molecule has 0 aromatic carbocycles. The first-order valence-electron chi connectivity index (χ1n) is 4.73. The molecule has 16 heavy (non-hydrogen) atoms. The molecule has 0 amide bonds. The van der Waals surface area contributed by atoms with E-state index in [0.29, 0.717) is 22.8 Å². The molecule has 0 saturated carbocycles. The van der Waals surface area contributed by atoms with Crippen molar-refractivity contribution < 1.29 is 14.3 Å². The van der Waals surface area contributed by atoms with Gasteiger partial charge in [-0.3, -0.25) is 0 Å². The van der Waals surface area contributed by atoms with Gasteiger partial charge in [-0.1, -0.05) is 0 Å². The van der Waals surface area contributed by atoms with Gasteiger partial charge in [0.1, 0.15) is 0 Å². The van der Waals surface area contributed by atoms with Crippen LogP contribution in [0.4, 0.5) is 0 Å². The van der Waals surface area contributed by atoms with E-state index in [2.05, 4.69) is 15.2 Å². The second-order valence-corrected chi connectivity index (χ2v) is 3.56. The summed E-state index contributed by atoms with van der Waals surface area (Å²) in [5.74, 6) is -0.367. The molecule has 0 aliphatic rings. The molecule has 6 nitrogen and oxygen atoms in total. The van der Waals surface area contributed by atoms with Crippen molar-refractivity contribution in [1.29, 1.82) is 0 Å². The highest BCUT2D eigenvalue weighted by Gasteiger charge is 2.23. The molecule has 2 rings (SSSR count). The van der Waals surface area contributed by atoms with Crippen molar-refractivity contribution in [3.8, 4) is 11.5 Å². The molecular weight excluding hydrogens is 210 g/mol. The summed E-state index contributed by atoms with van der Waals surface area (Å²) in [4.78, 5) is 14.1. The van der Waals surface area contributed by atoms with Crippen LogP contribution in [0.15, 0.2) is 4.42 Å². The van der Waals surface area contributed by atoms with E-state index < -0.39 is 5.97 Å². The number of carboxylic acid groups (broad SMARTS) is 1. The summed E-state index contributed by atoms with van der Waals surface area (Å²) in [6, 6.07) is 0. The van der Waals surface area contributed by atoms with E-state index >= 15 is 0 Å². The predicted octanol–water partition coefficient (Wildman–Crippen LogP) is 1.69. The largest absolute Gasteiger partial charge is 0.478 e. The van der Waals surface area contributed by atoms with Crippen LogP contribution in [0.5, 0.6) is 0 Å². The van der Waals surface area contributed by atoms with Crippen LogP contribution in [0.2, 0.25) is 0 Å². The summed E-state index contributed by atoms with van der Waals surface area (Å²) >= 11 is 0. The lowest BCUT2D eigenvalue weighted by molar-refractivity contribution is 0.0697. The molecule has 0 unspecified atom stereocenters. The second-order valence-electron chi connectivity index (χ2n) is 3.56. The standard InChI is InChI=1S/C10H11N3O3/c1-4-7(9-13-12-6(3)16-9)8(10(14)15)5(2)11-4/h11H,1-3H3,(H,14,15). The van der Waals surface area contributed by atoms with Crippen molar-refractivity contribution in [3.63, 3.8) is 0 Å². The zero-order valence-electron chi connectivity index (χ0n) is 9.16. The van der Waals surface area contributed by atoms with E-state index in [1.165, 1.54) is 0 Å². The molecule has 2 heterocycles.